The first kappa shape index (κ1) is 10.7. The zero-order chi connectivity index (χ0) is 10.8. The second-order valence-corrected chi connectivity index (χ2v) is 5.28. The summed E-state index contributed by atoms with van der Waals surface area (Å²) in [7, 11) is 0. The first-order chi connectivity index (χ1) is 7.16. The van der Waals surface area contributed by atoms with Crippen molar-refractivity contribution in [1.82, 2.24) is 0 Å². The number of rotatable bonds is 3. The lowest BCUT2D eigenvalue weighted by atomic mass is 10.1. The molecule has 0 saturated heterocycles. The largest absolute Gasteiger partial charge is 0.467 e. The van der Waals surface area contributed by atoms with Gasteiger partial charge in [-0.2, -0.15) is 0 Å². The van der Waals surface area contributed by atoms with Gasteiger partial charge in [0, 0.05) is 11.3 Å². The topological polar surface area (TPSA) is 39.2 Å². The molecule has 2 aromatic heterocycles. The van der Waals surface area contributed by atoms with Crippen molar-refractivity contribution in [3.63, 3.8) is 0 Å². The standard InChI is InChI=1S/C11H12ClNOS/c1-7-4-5-14-11(7)9(13)6-8-2-3-10(12)15-8/h2-5,9H,6,13H2,1H3. The van der Waals surface area contributed by atoms with Gasteiger partial charge in [-0.1, -0.05) is 11.6 Å². The number of hydrogen-bond donors (Lipinski definition) is 1. The van der Waals surface area contributed by atoms with Gasteiger partial charge < -0.3 is 10.2 Å². The maximum atomic E-state index is 6.05. The van der Waals surface area contributed by atoms with Crippen molar-refractivity contribution in [3.8, 4) is 0 Å². The SMILES string of the molecule is Cc1ccoc1C(N)Cc1ccc(Cl)s1. The van der Waals surface area contributed by atoms with E-state index in [1.807, 2.05) is 25.1 Å². The highest BCUT2D eigenvalue weighted by Crippen LogP contribution is 2.26. The third-order valence-electron chi connectivity index (χ3n) is 2.29. The average Bonchev–Trinajstić information content (AvgIpc) is 2.75. The van der Waals surface area contributed by atoms with Crippen LogP contribution in [-0.2, 0) is 6.42 Å². The number of aryl methyl sites for hydroxylation is 1. The predicted octanol–water partition coefficient (Wildman–Crippen LogP) is 3.55. The van der Waals surface area contributed by atoms with Gasteiger partial charge in [0.15, 0.2) is 0 Å². The van der Waals surface area contributed by atoms with Crippen molar-refractivity contribution in [2.24, 2.45) is 5.73 Å². The fourth-order valence-electron chi connectivity index (χ4n) is 1.54. The molecule has 2 N–H and O–H groups in total. The normalized spacial score (nSPS) is 13.0. The van der Waals surface area contributed by atoms with E-state index in [9.17, 15) is 0 Å². The molecular formula is C11H12ClNOS. The Morgan fingerprint density at radius 1 is 1.47 bits per heavy atom. The molecule has 2 nitrogen and oxygen atoms in total. The molecule has 0 aliphatic heterocycles. The van der Waals surface area contributed by atoms with Crippen molar-refractivity contribution in [2.75, 3.05) is 0 Å². The summed E-state index contributed by atoms with van der Waals surface area (Å²) in [6, 6.07) is 5.74. The molecule has 1 unspecified atom stereocenters. The van der Waals surface area contributed by atoms with E-state index in [0.29, 0.717) is 0 Å². The van der Waals surface area contributed by atoms with E-state index in [0.717, 1.165) is 22.1 Å². The Hall–Kier alpha value is -0.770. The van der Waals surface area contributed by atoms with Crippen molar-refractivity contribution >= 4 is 22.9 Å². The summed E-state index contributed by atoms with van der Waals surface area (Å²) in [4.78, 5) is 1.18. The number of furan rings is 1. The zero-order valence-corrected chi connectivity index (χ0v) is 9.94. The quantitative estimate of drug-likeness (QED) is 0.893. The first-order valence-electron chi connectivity index (χ1n) is 4.70. The van der Waals surface area contributed by atoms with Gasteiger partial charge in [-0.3, -0.25) is 0 Å². The van der Waals surface area contributed by atoms with Crippen LogP contribution in [0.4, 0.5) is 0 Å². The summed E-state index contributed by atoms with van der Waals surface area (Å²) in [6.07, 6.45) is 2.44. The summed E-state index contributed by atoms with van der Waals surface area (Å²) in [6.45, 7) is 2.00. The van der Waals surface area contributed by atoms with Crippen LogP contribution in [0.25, 0.3) is 0 Å². The Labute approximate surface area is 97.7 Å². The molecule has 1 atom stereocenters. The van der Waals surface area contributed by atoms with Crippen LogP contribution in [-0.4, -0.2) is 0 Å². The van der Waals surface area contributed by atoms with Gasteiger partial charge in [-0.25, -0.2) is 0 Å². The lowest BCUT2D eigenvalue weighted by molar-refractivity contribution is 0.463. The Kier molecular flexibility index (Phi) is 3.14. The van der Waals surface area contributed by atoms with Crippen LogP contribution in [0, 0.1) is 6.92 Å². The molecule has 2 heterocycles. The molecule has 80 valence electrons. The lowest BCUT2D eigenvalue weighted by Crippen LogP contribution is -2.12. The fraction of sp³-hybridized carbons (Fsp3) is 0.273. The molecule has 0 spiro atoms. The third-order valence-corrected chi connectivity index (χ3v) is 3.54. The van der Waals surface area contributed by atoms with Crippen molar-refractivity contribution in [2.45, 2.75) is 19.4 Å². The van der Waals surface area contributed by atoms with Crippen LogP contribution in [0.2, 0.25) is 4.34 Å². The molecule has 15 heavy (non-hydrogen) atoms. The molecular weight excluding hydrogens is 230 g/mol. The zero-order valence-electron chi connectivity index (χ0n) is 8.37. The highest BCUT2D eigenvalue weighted by Gasteiger charge is 2.13. The highest BCUT2D eigenvalue weighted by atomic mass is 35.5. The molecule has 0 fully saturated rings. The van der Waals surface area contributed by atoms with Crippen molar-refractivity contribution in [1.29, 1.82) is 0 Å². The van der Waals surface area contributed by atoms with E-state index < -0.39 is 0 Å². The Morgan fingerprint density at radius 3 is 2.80 bits per heavy atom. The van der Waals surface area contributed by atoms with E-state index >= 15 is 0 Å². The summed E-state index contributed by atoms with van der Waals surface area (Å²) in [5.41, 5.74) is 7.15. The van der Waals surface area contributed by atoms with Crippen molar-refractivity contribution < 1.29 is 4.42 Å². The number of thiophene rings is 1. The van der Waals surface area contributed by atoms with Gasteiger partial charge in [-0.05, 0) is 30.7 Å². The summed E-state index contributed by atoms with van der Waals surface area (Å²) < 4.78 is 6.15. The number of halogens is 1. The van der Waals surface area contributed by atoms with Gasteiger partial charge >= 0.3 is 0 Å². The van der Waals surface area contributed by atoms with Crippen LogP contribution in [0.5, 0.6) is 0 Å². The number of hydrogen-bond acceptors (Lipinski definition) is 3. The van der Waals surface area contributed by atoms with E-state index in [1.54, 1.807) is 17.6 Å². The molecule has 0 aromatic carbocycles. The Morgan fingerprint density at radius 2 is 2.27 bits per heavy atom. The molecule has 2 aromatic rings. The molecule has 0 amide bonds. The first-order valence-corrected chi connectivity index (χ1v) is 5.90. The van der Waals surface area contributed by atoms with E-state index in [2.05, 4.69) is 0 Å². The van der Waals surface area contributed by atoms with Crippen LogP contribution >= 0.6 is 22.9 Å². The van der Waals surface area contributed by atoms with Gasteiger partial charge in [0.05, 0.1) is 16.6 Å². The Bertz CT molecular complexity index is 449. The molecule has 0 saturated carbocycles. The van der Waals surface area contributed by atoms with Gasteiger partial charge in [-0.15, -0.1) is 11.3 Å². The van der Waals surface area contributed by atoms with Crippen LogP contribution in [0.15, 0.2) is 28.9 Å². The van der Waals surface area contributed by atoms with Gasteiger partial charge in [0.2, 0.25) is 0 Å². The van der Waals surface area contributed by atoms with E-state index in [1.165, 1.54) is 4.88 Å². The molecule has 0 aliphatic rings. The van der Waals surface area contributed by atoms with Crippen molar-refractivity contribution in [3.05, 3.63) is 45.0 Å². The maximum absolute atomic E-state index is 6.05. The minimum atomic E-state index is -0.0882. The number of nitrogens with two attached hydrogens (primary N) is 1. The Balaban J connectivity index is 2.10. The summed E-state index contributed by atoms with van der Waals surface area (Å²) in [5, 5.41) is 0. The lowest BCUT2D eigenvalue weighted by Gasteiger charge is -2.08. The summed E-state index contributed by atoms with van der Waals surface area (Å²) in [5.74, 6) is 0.861. The smallest absolute Gasteiger partial charge is 0.123 e. The minimum Gasteiger partial charge on any atom is -0.467 e. The summed E-state index contributed by atoms with van der Waals surface area (Å²) >= 11 is 7.42. The van der Waals surface area contributed by atoms with E-state index in [4.69, 9.17) is 21.8 Å². The monoisotopic (exact) mass is 241 g/mol. The van der Waals surface area contributed by atoms with Gasteiger partial charge in [0.25, 0.3) is 0 Å². The van der Waals surface area contributed by atoms with E-state index in [-0.39, 0.29) is 6.04 Å². The van der Waals surface area contributed by atoms with Gasteiger partial charge in [0.1, 0.15) is 5.76 Å². The van der Waals surface area contributed by atoms with Crippen LogP contribution in [0.1, 0.15) is 22.2 Å². The maximum Gasteiger partial charge on any atom is 0.123 e. The molecule has 0 bridgehead atoms. The van der Waals surface area contributed by atoms with Crippen LogP contribution in [0.3, 0.4) is 0 Å². The molecule has 0 radical (unpaired) electrons. The molecule has 2 rings (SSSR count). The molecule has 4 heteroatoms. The second kappa shape index (κ2) is 4.39. The predicted molar refractivity (Wildman–Crippen MR) is 63.4 cm³/mol. The minimum absolute atomic E-state index is 0.0882. The van der Waals surface area contributed by atoms with Crippen LogP contribution < -0.4 is 5.73 Å². The average molecular weight is 242 g/mol. The fourth-order valence-corrected chi connectivity index (χ4v) is 2.68. The highest BCUT2D eigenvalue weighted by molar-refractivity contribution is 7.16. The molecule has 0 aliphatic carbocycles. The second-order valence-electron chi connectivity index (χ2n) is 3.48. The third kappa shape index (κ3) is 2.43.